The number of hydrogen-bond donors (Lipinski definition) is 0. The summed E-state index contributed by atoms with van der Waals surface area (Å²) in [6, 6.07) is 0. The Kier molecular flexibility index (Phi) is 3.96. The summed E-state index contributed by atoms with van der Waals surface area (Å²) in [6.45, 7) is 5.25. The van der Waals surface area contributed by atoms with Crippen molar-refractivity contribution < 1.29 is 9.53 Å². The summed E-state index contributed by atoms with van der Waals surface area (Å²) < 4.78 is 9.27. The van der Waals surface area contributed by atoms with Gasteiger partial charge in [0.15, 0.2) is 0 Å². The third-order valence-electron chi connectivity index (χ3n) is 4.04. The van der Waals surface area contributed by atoms with Crippen molar-refractivity contribution in [2.24, 2.45) is 13.0 Å². The van der Waals surface area contributed by atoms with Crippen molar-refractivity contribution in [2.45, 2.75) is 19.8 Å². The highest BCUT2D eigenvalue weighted by atomic mass is 16.5. The van der Waals surface area contributed by atoms with Crippen LogP contribution >= 0.6 is 0 Å². The minimum atomic E-state index is 0.0739. The molecule has 0 spiro atoms. The van der Waals surface area contributed by atoms with Gasteiger partial charge in [-0.05, 0) is 12.8 Å². The Morgan fingerprint density at radius 2 is 2.33 bits per heavy atom. The van der Waals surface area contributed by atoms with Gasteiger partial charge in [-0.3, -0.25) is 4.79 Å². The second-order valence-electron chi connectivity index (χ2n) is 5.72. The molecule has 114 valence electrons. The molecule has 21 heavy (non-hydrogen) atoms. The van der Waals surface area contributed by atoms with Crippen LogP contribution in [0.2, 0.25) is 0 Å². The molecule has 6 nitrogen and oxygen atoms in total. The number of amides is 1. The summed E-state index contributed by atoms with van der Waals surface area (Å²) in [7, 11) is 1.93. The molecule has 1 fully saturated rings. The fourth-order valence-electron chi connectivity index (χ4n) is 2.92. The minimum Gasteiger partial charge on any atom is -0.381 e. The molecule has 0 saturated carbocycles. The van der Waals surface area contributed by atoms with Crippen LogP contribution in [-0.2, 0) is 11.8 Å². The van der Waals surface area contributed by atoms with E-state index in [4.69, 9.17) is 4.74 Å². The molecule has 1 saturated heterocycles. The molecule has 3 rings (SSSR count). The van der Waals surface area contributed by atoms with Crippen LogP contribution in [0.5, 0.6) is 0 Å². The zero-order chi connectivity index (χ0) is 14.8. The number of aromatic nitrogens is 3. The van der Waals surface area contributed by atoms with Crippen molar-refractivity contribution in [1.29, 1.82) is 0 Å². The normalized spacial score (nSPS) is 18.8. The number of imidazole rings is 1. The van der Waals surface area contributed by atoms with Crippen LogP contribution in [0.3, 0.4) is 0 Å². The molecule has 1 atom stereocenters. The van der Waals surface area contributed by atoms with E-state index in [1.165, 1.54) is 0 Å². The van der Waals surface area contributed by atoms with Gasteiger partial charge in [-0.1, -0.05) is 6.92 Å². The quantitative estimate of drug-likeness (QED) is 0.785. The van der Waals surface area contributed by atoms with E-state index in [2.05, 4.69) is 12.0 Å². The molecule has 2 aromatic rings. The molecule has 1 aliphatic heterocycles. The highest BCUT2D eigenvalue weighted by Gasteiger charge is 2.29. The van der Waals surface area contributed by atoms with Crippen molar-refractivity contribution in [3.05, 3.63) is 24.2 Å². The summed E-state index contributed by atoms with van der Waals surface area (Å²) in [5.74, 6) is 0.532. The molecule has 0 aliphatic carbocycles. The lowest BCUT2D eigenvalue weighted by atomic mass is 10.1. The third-order valence-corrected chi connectivity index (χ3v) is 4.04. The van der Waals surface area contributed by atoms with Crippen molar-refractivity contribution in [3.8, 4) is 0 Å². The summed E-state index contributed by atoms with van der Waals surface area (Å²) in [4.78, 5) is 14.6. The monoisotopic (exact) mass is 290 g/mol. The maximum absolute atomic E-state index is 12.7. The van der Waals surface area contributed by atoms with Crippen LogP contribution in [-0.4, -0.2) is 51.3 Å². The Bertz CT molecular complexity index is 631. The Morgan fingerprint density at radius 3 is 3.14 bits per heavy atom. The average molecular weight is 290 g/mol. The van der Waals surface area contributed by atoms with E-state index in [0.29, 0.717) is 11.5 Å². The largest absolute Gasteiger partial charge is 0.381 e. The fourth-order valence-corrected chi connectivity index (χ4v) is 2.92. The SMILES string of the molecule is CCCOC[C@H]1CCN(C(=O)c2cnn3ccn(C)c23)C1. The molecule has 0 radical (unpaired) electrons. The smallest absolute Gasteiger partial charge is 0.259 e. The summed E-state index contributed by atoms with van der Waals surface area (Å²) in [6.07, 6.45) is 7.49. The predicted molar refractivity (Wildman–Crippen MR) is 79.3 cm³/mol. The van der Waals surface area contributed by atoms with Crippen molar-refractivity contribution in [2.75, 3.05) is 26.3 Å². The van der Waals surface area contributed by atoms with Crippen LogP contribution in [0.25, 0.3) is 5.65 Å². The first-order chi connectivity index (χ1) is 10.2. The van der Waals surface area contributed by atoms with Crippen LogP contribution in [0.4, 0.5) is 0 Å². The molecule has 0 bridgehead atoms. The second kappa shape index (κ2) is 5.89. The summed E-state index contributed by atoms with van der Waals surface area (Å²) in [5, 5.41) is 4.24. The van der Waals surface area contributed by atoms with Gasteiger partial charge in [0.25, 0.3) is 5.91 Å². The van der Waals surface area contributed by atoms with Crippen LogP contribution < -0.4 is 0 Å². The molecule has 6 heteroatoms. The molecule has 0 unspecified atom stereocenters. The number of nitrogens with zero attached hydrogens (tertiary/aromatic N) is 4. The van der Waals surface area contributed by atoms with E-state index in [1.54, 1.807) is 10.7 Å². The van der Waals surface area contributed by atoms with Gasteiger partial charge in [0.1, 0.15) is 11.2 Å². The zero-order valence-corrected chi connectivity index (χ0v) is 12.7. The number of rotatable bonds is 5. The molecule has 1 amide bonds. The van der Waals surface area contributed by atoms with Crippen molar-refractivity contribution in [1.82, 2.24) is 19.1 Å². The zero-order valence-electron chi connectivity index (χ0n) is 12.7. The first-order valence-corrected chi connectivity index (χ1v) is 7.56. The van der Waals surface area contributed by atoms with Crippen LogP contribution in [0, 0.1) is 5.92 Å². The standard InChI is InChI=1S/C15H22N4O2/c1-3-8-21-11-12-4-5-18(10-12)15(20)13-9-16-19-7-6-17(2)14(13)19/h6-7,9,12H,3-5,8,10-11H2,1-2H3/t12-/m0/s1. The lowest BCUT2D eigenvalue weighted by Crippen LogP contribution is -2.29. The summed E-state index contributed by atoms with van der Waals surface area (Å²) >= 11 is 0. The fraction of sp³-hybridized carbons (Fsp3) is 0.600. The number of likely N-dealkylation sites (tertiary alicyclic amines) is 1. The van der Waals surface area contributed by atoms with Gasteiger partial charge >= 0.3 is 0 Å². The average Bonchev–Trinajstić information content (AvgIpc) is 3.17. The molecule has 0 N–H and O–H groups in total. The van der Waals surface area contributed by atoms with Gasteiger partial charge in [-0.15, -0.1) is 0 Å². The Balaban J connectivity index is 1.67. The van der Waals surface area contributed by atoms with Crippen molar-refractivity contribution >= 4 is 11.6 Å². The van der Waals surface area contributed by atoms with Gasteiger partial charge in [0.2, 0.25) is 0 Å². The molecule has 3 heterocycles. The van der Waals surface area contributed by atoms with Crippen LogP contribution in [0.15, 0.2) is 18.6 Å². The number of hydrogen-bond acceptors (Lipinski definition) is 3. The number of aryl methyl sites for hydroxylation is 1. The number of carbonyl (C=O) groups is 1. The third kappa shape index (κ3) is 2.68. The number of fused-ring (bicyclic) bond motifs is 1. The highest BCUT2D eigenvalue weighted by Crippen LogP contribution is 2.21. The molecular weight excluding hydrogens is 268 g/mol. The topological polar surface area (TPSA) is 51.8 Å². The highest BCUT2D eigenvalue weighted by molar-refractivity contribution is 5.99. The van der Waals surface area contributed by atoms with Gasteiger partial charge < -0.3 is 14.2 Å². The number of ether oxygens (including phenoxy) is 1. The molecule has 1 aliphatic rings. The minimum absolute atomic E-state index is 0.0739. The van der Waals surface area contributed by atoms with E-state index < -0.39 is 0 Å². The molecule has 0 aromatic carbocycles. The van der Waals surface area contributed by atoms with Gasteiger partial charge in [0, 0.05) is 45.1 Å². The maximum Gasteiger partial charge on any atom is 0.259 e. The number of carbonyl (C=O) groups excluding carboxylic acids is 1. The van der Waals surface area contributed by atoms with E-state index in [0.717, 1.165) is 44.8 Å². The first-order valence-electron chi connectivity index (χ1n) is 7.56. The second-order valence-corrected chi connectivity index (χ2v) is 5.72. The van der Waals surface area contributed by atoms with Gasteiger partial charge in [-0.25, -0.2) is 4.52 Å². The van der Waals surface area contributed by atoms with E-state index in [1.807, 2.05) is 28.9 Å². The van der Waals surface area contributed by atoms with Crippen molar-refractivity contribution in [3.63, 3.8) is 0 Å². The Labute approximate surface area is 124 Å². The van der Waals surface area contributed by atoms with Gasteiger partial charge in [0.05, 0.1) is 12.8 Å². The lowest BCUT2D eigenvalue weighted by molar-refractivity contribution is 0.0756. The van der Waals surface area contributed by atoms with Crippen LogP contribution in [0.1, 0.15) is 30.1 Å². The Hall–Kier alpha value is -1.82. The van der Waals surface area contributed by atoms with E-state index in [-0.39, 0.29) is 5.91 Å². The summed E-state index contributed by atoms with van der Waals surface area (Å²) in [5.41, 5.74) is 1.53. The Morgan fingerprint density at radius 1 is 1.48 bits per heavy atom. The lowest BCUT2D eigenvalue weighted by Gasteiger charge is -2.16. The molecular formula is C15H22N4O2. The predicted octanol–water partition coefficient (Wildman–Crippen LogP) is 1.56. The maximum atomic E-state index is 12.7. The van der Waals surface area contributed by atoms with E-state index >= 15 is 0 Å². The molecule has 2 aromatic heterocycles. The van der Waals surface area contributed by atoms with E-state index in [9.17, 15) is 4.79 Å². The van der Waals surface area contributed by atoms with Gasteiger partial charge in [-0.2, -0.15) is 5.10 Å². The first kappa shape index (κ1) is 14.1.